The van der Waals surface area contributed by atoms with E-state index < -0.39 is 0 Å². The molecule has 0 radical (unpaired) electrons. The number of aryl methyl sites for hydroxylation is 1. The molecule has 1 atom stereocenters. The van der Waals surface area contributed by atoms with E-state index in [0.29, 0.717) is 17.2 Å². The van der Waals surface area contributed by atoms with Gasteiger partial charge in [-0.1, -0.05) is 19.9 Å². The Morgan fingerprint density at radius 2 is 2.00 bits per heavy atom. The highest BCUT2D eigenvalue weighted by Gasteiger charge is 2.22. The Kier molecular flexibility index (Phi) is 3.74. The average molecular weight is 275 g/mol. The van der Waals surface area contributed by atoms with Crippen molar-refractivity contribution in [3.63, 3.8) is 0 Å². The van der Waals surface area contributed by atoms with E-state index >= 15 is 0 Å². The minimum Gasteiger partial charge on any atom is -0.508 e. The summed E-state index contributed by atoms with van der Waals surface area (Å²) in [6.45, 7) is 5.98. The quantitative estimate of drug-likeness (QED) is 0.588. The summed E-state index contributed by atoms with van der Waals surface area (Å²) in [4.78, 5) is 0. The monoisotopic (exact) mass is 275 g/mol. The second kappa shape index (κ2) is 5.32. The van der Waals surface area contributed by atoms with E-state index in [1.54, 1.807) is 6.07 Å². The predicted molar refractivity (Wildman–Crippen MR) is 81.5 cm³/mol. The van der Waals surface area contributed by atoms with Crippen molar-refractivity contribution in [2.75, 3.05) is 16.8 Å². The Labute approximate surface area is 118 Å². The lowest BCUT2D eigenvalue weighted by Crippen LogP contribution is -2.18. The van der Waals surface area contributed by atoms with Crippen molar-refractivity contribution in [2.24, 2.45) is 5.92 Å². The van der Waals surface area contributed by atoms with Crippen molar-refractivity contribution in [3.05, 3.63) is 29.5 Å². The third-order valence-electron chi connectivity index (χ3n) is 3.36. The van der Waals surface area contributed by atoms with Crippen LogP contribution in [0.5, 0.6) is 5.75 Å². The molecular weight excluding hydrogens is 254 g/mol. The maximum absolute atomic E-state index is 9.77. The number of phenols is 1. The lowest BCUT2D eigenvalue weighted by Gasteiger charge is -2.22. The van der Waals surface area contributed by atoms with Gasteiger partial charge in [0.2, 0.25) is 0 Å². The van der Waals surface area contributed by atoms with E-state index in [9.17, 15) is 5.11 Å². The minimum atomic E-state index is -0.0920. The van der Waals surface area contributed by atoms with Crippen LogP contribution in [-0.2, 0) is 0 Å². The predicted octanol–water partition coefficient (Wildman–Crippen LogP) is 2.40. The minimum absolute atomic E-state index is 0.0920. The molecule has 0 aliphatic rings. The van der Waals surface area contributed by atoms with Crippen LogP contribution in [0.2, 0.25) is 0 Å². The van der Waals surface area contributed by atoms with Crippen LogP contribution in [0.4, 0.5) is 17.2 Å². The molecule has 1 aromatic heterocycles. The summed E-state index contributed by atoms with van der Waals surface area (Å²) in [5.74, 6) is 0.884. The van der Waals surface area contributed by atoms with Gasteiger partial charge in [-0.15, -0.1) is 0 Å². The summed E-state index contributed by atoms with van der Waals surface area (Å²) in [6.07, 6.45) is 0. The van der Waals surface area contributed by atoms with E-state index in [0.717, 1.165) is 11.3 Å². The summed E-state index contributed by atoms with van der Waals surface area (Å²) >= 11 is 0. The molecule has 0 spiro atoms. The number of H-pyrrole nitrogens is 1. The van der Waals surface area contributed by atoms with Gasteiger partial charge >= 0.3 is 0 Å². The maximum atomic E-state index is 9.77. The van der Waals surface area contributed by atoms with E-state index in [-0.39, 0.29) is 17.7 Å². The van der Waals surface area contributed by atoms with E-state index in [1.807, 2.05) is 19.1 Å². The first-order valence-corrected chi connectivity index (χ1v) is 6.55. The lowest BCUT2D eigenvalue weighted by atomic mass is 9.99. The molecular formula is C14H21N5O. The van der Waals surface area contributed by atoms with E-state index in [2.05, 4.69) is 29.4 Å². The summed E-state index contributed by atoms with van der Waals surface area (Å²) in [6, 6.07) is 5.37. The van der Waals surface area contributed by atoms with Crippen LogP contribution in [-0.4, -0.2) is 15.3 Å². The van der Waals surface area contributed by atoms with Gasteiger partial charge in [0, 0.05) is 11.8 Å². The molecule has 20 heavy (non-hydrogen) atoms. The zero-order valence-corrected chi connectivity index (χ0v) is 11.9. The van der Waals surface area contributed by atoms with Crippen LogP contribution < -0.4 is 16.8 Å². The fourth-order valence-electron chi connectivity index (χ4n) is 2.05. The highest BCUT2D eigenvalue weighted by atomic mass is 16.3. The molecule has 0 aliphatic carbocycles. The van der Waals surface area contributed by atoms with Crippen molar-refractivity contribution in [1.82, 2.24) is 10.2 Å². The molecule has 0 fully saturated rings. The van der Waals surface area contributed by atoms with Gasteiger partial charge in [0.1, 0.15) is 17.3 Å². The fraction of sp³-hybridized carbons (Fsp3) is 0.357. The zero-order chi connectivity index (χ0) is 14.9. The molecule has 2 rings (SSSR count). The first-order valence-electron chi connectivity index (χ1n) is 6.55. The molecule has 1 heterocycles. The molecule has 1 unspecified atom stereocenters. The van der Waals surface area contributed by atoms with Gasteiger partial charge in [0.25, 0.3) is 0 Å². The number of hydrogen-bond donors (Lipinski definition) is 5. The van der Waals surface area contributed by atoms with Gasteiger partial charge in [-0.3, -0.25) is 5.10 Å². The Bertz CT molecular complexity index is 606. The SMILES string of the molecule is Cc1ccc(NC(c2n[nH]c(N)c2N)C(C)C)cc1O. The molecule has 7 N–H and O–H groups in total. The van der Waals surface area contributed by atoms with Gasteiger partial charge < -0.3 is 21.9 Å². The number of anilines is 3. The van der Waals surface area contributed by atoms with Gasteiger partial charge in [-0.2, -0.15) is 5.10 Å². The van der Waals surface area contributed by atoms with Gasteiger partial charge in [-0.05, 0) is 24.5 Å². The van der Waals surface area contributed by atoms with Gasteiger partial charge in [0.05, 0.1) is 11.7 Å². The molecule has 0 saturated heterocycles. The number of benzene rings is 1. The second-order valence-corrected chi connectivity index (χ2v) is 5.30. The Hall–Kier alpha value is -2.37. The van der Waals surface area contributed by atoms with Crippen molar-refractivity contribution < 1.29 is 5.11 Å². The Morgan fingerprint density at radius 1 is 1.30 bits per heavy atom. The fourth-order valence-corrected chi connectivity index (χ4v) is 2.05. The van der Waals surface area contributed by atoms with Crippen LogP contribution in [0.1, 0.15) is 31.1 Å². The highest BCUT2D eigenvalue weighted by molar-refractivity contribution is 5.63. The number of phenolic OH excluding ortho intramolecular Hbond substituents is 1. The zero-order valence-electron chi connectivity index (χ0n) is 11.9. The second-order valence-electron chi connectivity index (χ2n) is 5.30. The molecule has 0 bridgehead atoms. The Morgan fingerprint density at radius 3 is 2.50 bits per heavy atom. The summed E-state index contributed by atoms with van der Waals surface area (Å²) < 4.78 is 0. The number of nitrogen functional groups attached to an aromatic ring is 2. The first-order chi connectivity index (χ1) is 9.40. The summed E-state index contributed by atoms with van der Waals surface area (Å²) in [7, 11) is 0. The van der Waals surface area contributed by atoms with Crippen molar-refractivity contribution >= 4 is 17.2 Å². The van der Waals surface area contributed by atoms with Crippen molar-refractivity contribution in [1.29, 1.82) is 0 Å². The van der Waals surface area contributed by atoms with Crippen LogP contribution >= 0.6 is 0 Å². The number of nitrogens with one attached hydrogen (secondary N) is 2. The molecule has 6 heteroatoms. The van der Waals surface area contributed by atoms with Crippen LogP contribution in [0.15, 0.2) is 18.2 Å². The van der Waals surface area contributed by atoms with Crippen LogP contribution in [0, 0.1) is 12.8 Å². The third kappa shape index (κ3) is 2.64. The molecule has 0 saturated carbocycles. The molecule has 108 valence electrons. The van der Waals surface area contributed by atoms with Crippen molar-refractivity contribution in [2.45, 2.75) is 26.8 Å². The Balaban J connectivity index is 2.30. The van der Waals surface area contributed by atoms with Crippen LogP contribution in [0.25, 0.3) is 0 Å². The number of aromatic nitrogens is 2. The number of nitrogens with zero attached hydrogens (tertiary/aromatic N) is 1. The molecule has 1 aromatic carbocycles. The standard InChI is InChI=1S/C14H21N5O/c1-7(2)12(13-11(15)14(16)19-18-13)17-9-5-4-8(3)10(20)6-9/h4-7,12,17,20H,15H2,1-3H3,(H3,16,18,19). The number of hydrogen-bond acceptors (Lipinski definition) is 5. The van der Waals surface area contributed by atoms with E-state index in [1.165, 1.54) is 0 Å². The van der Waals surface area contributed by atoms with E-state index in [4.69, 9.17) is 11.5 Å². The highest BCUT2D eigenvalue weighted by Crippen LogP contribution is 2.32. The summed E-state index contributed by atoms with van der Waals surface area (Å²) in [5.41, 5.74) is 14.4. The number of aromatic amines is 1. The molecule has 0 amide bonds. The average Bonchev–Trinajstić information content (AvgIpc) is 2.71. The number of aromatic hydroxyl groups is 1. The normalized spacial score (nSPS) is 12.6. The van der Waals surface area contributed by atoms with Crippen LogP contribution in [0.3, 0.4) is 0 Å². The maximum Gasteiger partial charge on any atom is 0.142 e. The molecule has 0 aliphatic heterocycles. The molecule has 2 aromatic rings. The lowest BCUT2D eigenvalue weighted by molar-refractivity contribution is 0.471. The largest absolute Gasteiger partial charge is 0.508 e. The topological polar surface area (TPSA) is 113 Å². The summed E-state index contributed by atoms with van der Waals surface area (Å²) in [5, 5.41) is 20.0. The van der Waals surface area contributed by atoms with Gasteiger partial charge in [-0.25, -0.2) is 0 Å². The number of nitrogens with two attached hydrogens (primary N) is 2. The first kappa shape index (κ1) is 14.0. The smallest absolute Gasteiger partial charge is 0.142 e. The van der Waals surface area contributed by atoms with Gasteiger partial charge in [0.15, 0.2) is 0 Å². The number of rotatable bonds is 4. The van der Waals surface area contributed by atoms with Crippen molar-refractivity contribution in [3.8, 4) is 5.75 Å². The molecule has 6 nitrogen and oxygen atoms in total. The third-order valence-corrected chi connectivity index (χ3v) is 3.36.